The lowest BCUT2D eigenvalue weighted by molar-refractivity contribution is 0.175. The van der Waals surface area contributed by atoms with E-state index in [1.54, 1.807) is 0 Å². The van der Waals surface area contributed by atoms with Gasteiger partial charge in [0.2, 0.25) is 0 Å². The first-order valence-electron chi connectivity index (χ1n) is 6.12. The van der Waals surface area contributed by atoms with E-state index in [-0.39, 0.29) is 6.10 Å². The molecule has 94 valence electrons. The van der Waals surface area contributed by atoms with Crippen molar-refractivity contribution in [1.29, 1.82) is 0 Å². The average Bonchev–Trinajstić information content (AvgIpc) is 2.63. The molecule has 0 saturated carbocycles. The Morgan fingerprint density at radius 3 is 3.00 bits per heavy atom. The summed E-state index contributed by atoms with van der Waals surface area (Å²) in [4.78, 5) is 10.7. The molecule has 0 radical (unpaired) electrons. The van der Waals surface area contributed by atoms with Gasteiger partial charge in [-0.25, -0.2) is 9.97 Å². The topological polar surface area (TPSA) is 75.3 Å². The zero-order valence-corrected chi connectivity index (χ0v) is 10.4. The molecule has 2 atom stereocenters. The number of nitrogens with zero attached hydrogens (tertiary/aromatic N) is 3. The van der Waals surface area contributed by atoms with E-state index in [0.717, 1.165) is 31.6 Å². The maximum absolute atomic E-state index is 9.50. The Labute approximate surface area is 102 Å². The van der Waals surface area contributed by atoms with Crippen LogP contribution in [0.3, 0.4) is 0 Å². The van der Waals surface area contributed by atoms with E-state index in [1.807, 2.05) is 19.9 Å². The summed E-state index contributed by atoms with van der Waals surface area (Å²) in [7, 11) is 0. The molecule has 1 aliphatic rings. The third-order valence-corrected chi connectivity index (χ3v) is 3.13. The highest BCUT2D eigenvalue weighted by atomic mass is 16.3. The maximum Gasteiger partial charge on any atom is 0.134 e. The van der Waals surface area contributed by atoms with Gasteiger partial charge in [-0.05, 0) is 33.1 Å². The van der Waals surface area contributed by atoms with Gasteiger partial charge in [-0.1, -0.05) is 0 Å². The molecule has 17 heavy (non-hydrogen) atoms. The van der Waals surface area contributed by atoms with Crippen LogP contribution in [0.4, 0.5) is 11.6 Å². The van der Waals surface area contributed by atoms with E-state index in [0.29, 0.717) is 17.7 Å². The molecular formula is C12H20N4O. The second kappa shape index (κ2) is 4.87. The molecule has 0 spiro atoms. The Hall–Kier alpha value is -1.36. The zero-order chi connectivity index (χ0) is 12.4. The van der Waals surface area contributed by atoms with Crippen molar-refractivity contribution in [2.24, 2.45) is 0 Å². The predicted octanol–water partition coefficient (Wildman–Crippen LogP) is 1.11. The average molecular weight is 236 g/mol. The number of hydrogen-bond acceptors (Lipinski definition) is 5. The molecule has 2 heterocycles. The number of aryl methyl sites for hydroxylation is 1. The monoisotopic (exact) mass is 236 g/mol. The van der Waals surface area contributed by atoms with Crippen molar-refractivity contribution in [2.45, 2.75) is 45.3 Å². The smallest absolute Gasteiger partial charge is 0.134 e. The van der Waals surface area contributed by atoms with E-state index in [4.69, 9.17) is 5.73 Å². The normalized spacial score (nSPS) is 21.8. The number of rotatable bonds is 3. The maximum atomic E-state index is 9.50. The Morgan fingerprint density at radius 2 is 2.35 bits per heavy atom. The molecule has 0 amide bonds. The van der Waals surface area contributed by atoms with Crippen LogP contribution in [0.5, 0.6) is 0 Å². The number of aliphatic hydroxyl groups is 1. The van der Waals surface area contributed by atoms with Crippen LogP contribution in [0.2, 0.25) is 0 Å². The van der Waals surface area contributed by atoms with Crippen LogP contribution in [0.15, 0.2) is 6.07 Å². The molecule has 1 fully saturated rings. The summed E-state index contributed by atoms with van der Waals surface area (Å²) in [6.07, 6.45) is 2.75. The molecule has 5 heteroatoms. The van der Waals surface area contributed by atoms with Crippen LogP contribution in [0, 0.1) is 6.92 Å². The second-order valence-corrected chi connectivity index (χ2v) is 4.77. The number of aromatic nitrogens is 2. The summed E-state index contributed by atoms with van der Waals surface area (Å²) >= 11 is 0. The Bertz CT molecular complexity index is 374. The predicted molar refractivity (Wildman–Crippen MR) is 67.8 cm³/mol. The molecule has 1 aromatic rings. The summed E-state index contributed by atoms with van der Waals surface area (Å²) in [5.74, 6) is 2.09. The Kier molecular flexibility index (Phi) is 3.47. The molecule has 0 aliphatic carbocycles. The number of nitrogens with two attached hydrogens (primary N) is 1. The highest BCUT2D eigenvalue weighted by Crippen LogP contribution is 2.27. The number of hydrogen-bond donors (Lipinski definition) is 2. The standard InChI is InChI=1S/C12H20N4O/c1-8(17)6-10-4-3-5-16(10)12-7-11(13)14-9(2)15-12/h7-8,10,17H,3-6H2,1-2H3,(H2,13,14,15). The quantitative estimate of drug-likeness (QED) is 0.822. The summed E-state index contributed by atoms with van der Waals surface area (Å²) in [5.41, 5.74) is 5.75. The summed E-state index contributed by atoms with van der Waals surface area (Å²) < 4.78 is 0. The summed E-state index contributed by atoms with van der Waals surface area (Å²) in [5, 5.41) is 9.50. The molecule has 1 aliphatic heterocycles. The fraction of sp³-hybridized carbons (Fsp3) is 0.667. The third kappa shape index (κ3) is 2.85. The largest absolute Gasteiger partial charge is 0.393 e. The lowest BCUT2D eigenvalue weighted by atomic mass is 10.1. The Morgan fingerprint density at radius 1 is 1.59 bits per heavy atom. The first-order chi connectivity index (χ1) is 8.06. The number of anilines is 2. The first-order valence-corrected chi connectivity index (χ1v) is 6.12. The van der Waals surface area contributed by atoms with Gasteiger partial charge in [-0.3, -0.25) is 0 Å². The summed E-state index contributed by atoms with van der Waals surface area (Å²) in [6.45, 7) is 4.66. The molecule has 1 saturated heterocycles. The van der Waals surface area contributed by atoms with Gasteiger partial charge in [0, 0.05) is 18.7 Å². The van der Waals surface area contributed by atoms with E-state index in [9.17, 15) is 5.11 Å². The van der Waals surface area contributed by atoms with Crippen molar-refractivity contribution >= 4 is 11.6 Å². The third-order valence-electron chi connectivity index (χ3n) is 3.13. The van der Waals surface area contributed by atoms with Crippen LogP contribution < -0.4 is 10.6 Å². The van der Waals surface area contributed by atoms with Gasteiger partial charge in [-0.15, -0.1) is 0 Å². The van der Waals surface area contributed by atoms with E-state index < -0.39 is 0 Å². The molecule has 1 aromatic heterocycles. The van der Waals surface area contributed by atoms with Crippen molar-refractivity contribution in [1.82, 2.24) is 9.97 Å². The van der Waals surface area contributed by atoms with Gasteiger partial charge < -0.3 is 15.7 Å². The van der Waals surface area contributed by atoms with Crippen molar-refractivity contribution < 1.29 is 5.11 Å². The highest BCUT2D eigenvalue weighted by Gasteiger charge is 2.27. The van der Waals surface area contributed by atoms with Crippen LogP contribution in [0.25, 0.3) is 0 Å². The van der Waals surface area contributed by atoms with Gasteiger partial charge >= 0.3 is 0 Å². The Balaban J connectivity index is 2.19. The summed E-state index contributed by atoms with van der Waals surface area (Å²) in [6, 6.07) is 2.18. The minimum absolute atomic E-state index is 0.277. The number of nitrogen functional groups attached to an aromatic ring is 1. The van der Waals surface area contributed by atoms with E-state index in [1.165, 1.54) is 0 Å². The molecular weight excluding hydrogens is 216 g/mol. The molecule has 0 bridgehead atoms. The van der Waals surface area contributed by atoms with E-state index >= 15 is 0 Å². The first kappa shape index (κ1) is 12.1. The van der Waals surface area contributed by atoms with Crippen LogP contribution >= 0.6 is 0 Å². The van der Waals surface area contributed by atoms with Gasteiger partial charge in [0.1, 0.15) is 17.5 Å². The van der Waals surface area contributed by atoms with Crippen molar-refractivity contribution in [3.63, 3.8) is 0 Å². The van der Waals surface area contributed by atoms with Crippen LogP contribution in [-0.2, 0) is 0 Å². The van der Waals surface area contributed by atoms with Crippen molar-refractivity contribution in [3.05, 3.63) is 11.9 Å². The highest BCUT2D eigenvalue weighted by molar-refractivity contribution is 5.48. The minimum Gasteiger partial charge on any atom is -0.393 e. The van der Waals surface area contributed by atoms with Crippen LogP contribution in [0.1, 0.15) is 32.0 Å². The fourth-order valence-corrected chi connectivity index (χ4v) is 2.50. The lowest BCUT2D eigenvalue weighted by Crippen LogP contribution is -2.32. The molecule has 2 rings (SSSR count). The second-order valence-electron chi connectivity index (χ2n) is 4.77. The fourth-order valence-electron chi connectivity index (χ4n) is 2.50. The molecule has 2 unspecified atom stereocenters. The van der Waals surface area contributed by atoms with Gasteiger partial charge in [0.15, 0.2) is 0 Å². The van der Waals surface area contributed by atoms with Gasteiger partial charge in [0.05, 0.1) is 6.10 Å². The minimum atomic E-state index is -0.277. The van der Waals surface area contributed by atoms with Crippen LogP contribution in [-0.4, -0.2) is 33.8 Å². The van der Waals surface area contributed by atoms with E-state index in [2.05, 4.69) is 14.9 Å². The van der Waals surface area contributed by atoms with Gasteiger partial charge in [-0.2, -0.15) is 0 Å². The van der Waals surface area contributed by atoms with Crippen molar-refractivity contribution in [3.8, 4) is 0 Å². The van der Waals surface area contributed by atoms with Gasteiger partial charge in [0.25, 0.3) is 0 Å². The zero-order valence-electron chi connectivity index (χ0n) is 10.4. The molecule has 0 aromatic carbocycles. The van der Waals surface area contributed by atoms with Crippen molar-refractivity contribution in [2.75, 3.05) is 17.2 Å². The molecule has 3 N–H and O–H groups in total. The number of aliphatic hydroxyl groups excluding tert-OH is 1. The SMILES string of the molecule is Cc1nc(N)cc(N2CCCC2CC(C)O)n1. The molecule has 5 nitrogen and oxygen atoms in total. The lowest BCUT2D eigenvalue weighted by Gasteiger charge is -2.26.